The molecule has 0 aliphatic heterocycles. The molecule has 2 aromatic heterocycles. The average molecular weight is 406 g/mol. The maximum Gasteiger partial charge on any atom is 0.287 e. The SMILES string of the molecule is CN(CCCNC(=O)c1ccc(-c2nc3ccccc3s2)o1)Cc1ccccc1. The first-order valence-electron chi connectivity index (χ1n) is 9.65. The molecule has 0 fully saturated rings. The number of carbonyl (C=O) groups is 1. The van der Waals surface area contributed by atoms with Crippen LogP contribution in [0.3, 0.4) is 0 Å². The van der Waals surface area contributed by atoms with Crippen LogP contribution in [0.4, 0.5) is 0 Å². The summed E-state index contributed by atoms with van der Waals surface area (Å²) in [5.41, 5.74) is 2.23. The molecule has 0 saturated heterocycles. The van der Waals surface area contributed by atoms with E-state index >= 15 is 0 Å². The van der Waals surface area contributed by atoms with Crippen LogP contribution in [-0.2, 0) is 6.54 Å². The minimum atomic E-state index is -0.192. The van der Waals surface area contributed by atoms with Crippen LogP contribution >= 0.6 is 11.3 Å². The molecule has 1 amide bonds. The number of nitrogens with one attached hydrogen (secondary N) is 1. The molecule has 4 rings (SSSR count). The highest BCUT2D eigenvalue weighted by atomic mass is 32.1. The Bertz CT molecular complexity index is 1050. The van der Waals surface area contributed by atoms with Gasteiger partial charge in [0.15, 0.2) is 16.5 Å². The highest BCUT2D eigenvalue weighted by Gasteiger charge is 2.14. The zero-order valence-electron chi connectivity index (χ0n) is 16.3. The number of fused-ring (bicyclic) bond motifs is 1. The quantitative estimate of drug-likeness (QED) is 0.428. The molecule has 1 N–H and O–H groups in total. The Morgan fingerprint density at radius 1 is 1.07 bits per heavy atom. The zero-order valence-corrected chi connectivity index (χ0v) is 17.1. The van der Waals surface area contributed by atoms with E-state index in [4.69, 9.17) is 4.42 Å². The Kier molecular flexibility index (Phi) is 6.03. The van der Waals surface area contributed by atoms with Gasteiger partial charge in [0.2, 0.25) is 0 Å². The molecule has 2 aromatic carbocycles. The number of amides is 1. The molecule has 148 valence electrons. The maximum atomic E-state index is 12.4. The summed E-state index contributed by atoms with van der Waals surface area (Å²) in [6, 6.07) is 21.8. The van der Waals surface area contributed by atoms with Gasteiger partial charge < -0.3 is 14.6 Å². The Balaban J connectivity index is 1.26. The van der Waals surface area contributed by atoms with Crippen molar-refractivity contribution in [2.24, 2.45) is 0 Å². The fraction of sp³-hybridized carbons (Fsp3) is 0.217. The highest BCUT2D eigenvalue weighted by Crippen LogP contribution is 2.31. The summed E-state index contributed by atoms with van der Waals surface area (Å²) in [5, 5.41) is 3.72. The predicted octanol–water partition coefficient (Wildman–Crippen LogP) is 4.81. The highest BCUT2D eigenvalue weighted by molar-refractivity contribution is 7.21. The number of thiazole rings is 1. The van der Waals surface area contributed by atoms with E-state index in [1.807, 2.05) is 30.3 Å². The van der Waals surface area contributed by atoms with E-state index in [2.05, 4.69) is 46.5 Å². The number of nitrogens with zero attached hydrogens (tertiary/aromatic N) is 2. The van der Waals surface area contributed by atoms with Gasteiger partial charge in [-0.3, -0.25) is 4.79 Å². The van der Waals surface area contributed by atoms with Crippen molar-refractivity contribution in [2.45, 2.75) is 13.0 Å². The minimum absolute atomic E-state index is 0.192. The second-order valence-electron chi connectivity index (χ2n) is 6.98. The van der Waals surface area contributed by atoms with Crippen molar-refractivity contribution in [3.63, 3.8) is 0 Å². The molecule has 2 heterocycles. The predicted molar refractivity (Wildman–Crippen MR) is 117 cm³/mol. The van der Waals surface area contributed by atoms with Crippen molar-refractivity contribution in [3.8, 4) is 10.8 Å². The number of hydrogen-bond acceptors (Lipinski definition) is 5. The summed E-state index contributed by atoms with van der Waals surface area (Å²) in [5.74, 6) is 0.749. The number of hydrogen-bond donors (Lipinski definition) is 1. The number of aromatic nitrogens is 1. The third-order valence-corrected chi connectivity index (χ3v) is 5.68. The van der Waals surface area contributed by atoms with Gasteiger partial charge in [-0.05, 0) is 49.8 Å². The average Bonchev–Trinajstić information content (AvgIpc) is 3.38. The molecule has 0 aliphatic rings. The molecular weight excluding hydrogens is 382 g/mol. The first-order valence-corrected chi connectivity index (χ1v) is 10.5. The molecule has 4 aromatic rings. The second kappa shape index (κ2) is 9.03. The lowest BCUT2D eigenvalue weighted by molar-refractivity contribution is 0.0925. The van der Waals surface area contributed by atoms with E-state index in [1.54, 1.807) is 23.5 Å². The van der Waals surface area contributed by atoms with Gasteiger partial charge in [0.25, 0.3) is 5.91 Å². The van der Waals surface area contributed by atoms with Gasteiger partial charge in [-0.15, -0.1) is 11.3 Å². The normalized spacial score (nSPS) is 11.2. The van der Waals surface area contributed by atoms with Crippen molar-refractivity contribution in [2.75, 3.05) is 20.1 Å². The fourth-order valence-electron chi connectivity index (χ4n) is 3.16. The lowest BCUT2D eigenvalue weighted by atomic mass is 10.2. The molecule has 0 atom stereocenters. The van der Waals surface area contributed by atoms with Crippen molar-refractivity contribution < 1.29 is 9.21 Å². The summed E-state index contributed by atoms with van der Waals surface area (Å²) in [6.07, 6.45) is 0.876. The number of furan rings is 1. The Labute approximate surface area is 174 Å². The second-order valence-corrected chi connectivity index (χ2v) is 8.01. The monoisotopic (exact) mass is 405 g/mol. The standard InChI is InChI=1S/C23H23N3O2S/c1-26(16-17-8-3-2-4-9-17)15-7-14-24-22(27)19-12-13-20(28-19)23-25-18-10-5-6-11-21(18)29-23/h2-6,8-13H,7,14-16H2,1H3,(H,24,27). The number of para-hydroxylation sites is 1. The van der Waals surface area contributed by atoms with Crippen molar-refractivity contribution >= 4 is 27.5 Å². The van der Waals surface area contributed by atoms with Gasteiger partial charge in [-0.1, -0.05) is 42.5 Å². The van der Waals surface area contributed by atoms with Gasteiger partial charge in [0, 0.05) is 13.1 Å². The van der Waals surface area contributed by atoms with Crippen LogP contribution in [0.1, 0.15) is 22.5 Å². The number of rotatable bonds is 8. The summed E-state index contributed by atoms with van der Waals surface area (Å²) in [4.78, 5) is 19.2. The van der Waals surface area contributed by atoms with Gasteiger partial charge in [0.05, 0.1) is 10.2 Å². The van der Waals surface area contributed by atoms with E-state index in [0.29, 0.717) is 18.1 Å². The van der Waals surface area contributed by atoms with Crippen molar-refractivity contribution in [1.82, 2.24) is 15.2 Å². The van der Waals surface area contributed by atoms with Crippen LogP contribution in [0.5, 0.6) is 0 Å². The molecule has 5 nitrogen and oxygen atoms in total. The minimum Gasteiger partial charge on any atom is -0.448 e. The molecule has 0 bridgehead atoms. The molecule has 0 unspecified atom stereocenters. The fourth-order valence-corrected chi connectivity index (χ4v) is 4.09. The molecule has 29 heavy (non-hydrogen) atoms. The molecule has 0 aliphatic carbocycles. The first kappa shape index (κ1) is 19.4. The van der Waals surface area contributed by atoms with Gasteiger partial charge >= 0.3 is 0 Å². The third-order valence-electron chi connectivity index (χ3n) is 4.63. The van der Waals surface area contributed by atoms with Gasteiger partial charge in [-0.2, -0.15) is 0 Å². The van der Waals surface area contributed by atoms with E-state index < -0.39 is 0 Å². The summed E-state index contributed by atoms with van der Waals surface area (Å²) in [7, 11) is 2.09. The third kappa shape index (κ3) is 4.91. The van der Waals surface area contributed by atoms with Crippen molar-refractivity contribution in [3.05, 3.63) is 78.1 Å². The van der Waals surface area contributed by atoms with E-state index in [9.17, 15) is 4.79 Å². The van der Waals surface area contributed by atoms with Crippen LogP contribution in [-0.4, -0.2) is 35.9 Å². The Morgan fingerprint density at radius 3 is 2.69 bits per heavy atom. The van der Waals surface area contributed by atoms with Crippen LogP contribution in [0, 0.1) is 0 Å². The van der Waals surface area contributed by atoms with Crippen LogP contribution in [0.2, 0.25) is 0 Å². The molecule has 0 saturated carbocycles. The molecule has 6 heteroatoms. The lowest BCUT2D eigenvalue weighted by Crippen LogP contribution is -2.27. The maximum absolute atomic E-state index is 12.4. The van der Waals surface area contributed by atoms with Gasteiger partial charge in [-0.25, -0.2) is 4.98 Å². The summed E-state index contributed by atoms with van der Waals surface area (Å²) in [6.45, 7) is 2.41. The van der Waals surface area contributed by atoms with E-state index in [0.717, 1.165) is 34.7 Å². The number of carbonyl (C=O) groups excluding carboxylic acids is 1. The Morgan fingerprint density at radius 2 is 1.86 bits per heavy atom. The van der Waals surface area contributed by atoms with Gasteiger partial charge in [0.1, 0.15) is 0 Å². The summed E-state index contributed by atoms with van der Waals surface area (Å²) < 4.78 is 6.85. The van der Waals surface area contributed by atoms with Crippen molar-refractivity contribution in [1.29, 1.82) is 0 Å². The van der Waals surface area contributed by atoms with Crippen LogP contribution < -0.4 is 5.32 Å². The lowest BCUT2D eigenvalue weighted by Gasteiger charge is -2.16. The topological polar surface area (TPSA) is 58.4 Å². The molecule has 0 spiro atoms. The van der Waals surface area contributed by atoms with E-state index in [-0.39, 0.29) is 5.91 Å². The smallest absolute Gasteiger partial charge is 0.287 e. The largest absolute Gasteiger partial charge is 0.448 e. The Hall–Kier alpha value is -2.96. The number of benzene rings is 2. The van der Waals surface area contributed by atoms with Crippen LogP contribution in [0.25, 0.3) is 21.0 Å². The summed E-state index contributed by atoms with van der Waals surface area (Å²) >= 11 is 1.56. The first-order chi connectivity index (χ1) is 14.2. The zero-order chi connectivity index (χ0) is 20.1. The van der Waals surface area contributed by atoms with Crippen LogP contribution in [0.15, 0.2) is 71.1 Å². The molecule has 0 radical (unpaired) electrons. The molecular formula is C23H23N3O2S. The van der Waals surface area contributed by atoms with E-state index in [1.165, 1.54) is 5.56 Å².